The predicted octanol–water partition coefficient (Wildman–Crippen LogP) is 1.51. The van der Waals surface area contributed by atoms with E-state index in [9.17, 15) is 9.59 Å². The molecular formula is C14H18N2O3. The van der Waals surface area contributed by atoms with Crippen molar-refractivity contribution in [2.24, 2.45) is 5.92 Å². The second kappa shape index (κ2) is 7.20. The van der Waals surface area contributed by atoms with Crippen molar-refractivity contribution in [3.63, 3.8) is 0 Å². The largest absolute Gasteiger partial charge is 0.481 e. The van der Waals surface area contributed by atoms with Gasteiger partial charge in [0.2, 0.25) is 5.91 Å². The lowest BCUT2D eigenvalue weighted by molar-refractivity contribution is -0.138. The van der Waals surface area contributed by atoms with Crippen molar-refractivity contribution in [1.29, 1.82) is 0 Å². The van der Waals surface area contributed by atoms with Gasteiger partial charge in [-0.05, 0) is 29.7 Å². The molecule has 0 aromatic heterocycles. The molecule has 0 bridgehead atoms. The van der Waals surface area contributed by atoms with E-state index < -0.39 is 5.97 Å². The second-order valence-electron chi connectivity index (χ2n) is 4.45. The maximum Gasteiger partial charge on any atom is 0.303 e. The Morgan fingerprint density at radius 1 is 1.47 bits per heavy atom. The van der Waals surface area contributed by atoms with Gasteiger partial charge in [-0.1, -0.05) is 19.1 Å². The number of hydrogen-bond donors (Lipinski definition) is 3. The van der Waals surface area contributed by atoms with Crippen molar-refractivity contribution in [3.05, 3.63) is 35.9 Å². The highest BCUT2D eigenvalue weighted by Gasteiger charge is 2.07. The van der Waals surface area contributed by atoms with E-state index in [1.807, 2.05) is 12.1 Å². The molecule has 1 aromatic rings. The highest BCUT2D eigenvalue weighted by Crippen LogP contribution is 2.07. The molecule has 0 aliphatic carbocycles. The summed E-state index contributed by atoms with van der Waals surface area (Å²) in [6, 6.07) is 7.18. The van der Waals surface area contributed by atoms with Gasteiger partial charge in [0.1, 0.15) is 0 Å². The lowest BCUT2D eigenvalue weighted by Gasteiger charge is -2.08. The molecule has 5 heteroatoms. The summed E-state index contributed by atoms with van der Waals surface area (Å²) in [6.07, 6.45) is 3.11. The van der Waals surface area contributed by atoms with E-state index in [-0.39, 0.29) is 18.2 Å². The fourth-order valence-corrected chi connectivity index (χ4v) is 1.54. The maximum absolute atomic E-state index is 11.5. The second-order valence-corrected chi connectivity index (χ2v) is 4.45. The number of benzene rings is 1. The third kappa shape index (κ3) is 6.26. The fourth-order valence-electron chi connectivity index (χ4n) is 1.54. The highest BCUT2D eigenvalue weighted by molar-refractivity contribution is 5.91. The van der Waals surface area contributed by atoms with E-state index in [4.69, 9.17) is 10.8 Å². The number of anilines is 1. The summed E-state index contributed by atoms with van der Waals surface area (Å²) in [5.41, 5.74) is 7.10. The normalized spacial score (nSPS) is 12.3. The van der Waals surface area contributed by atoms with Crippen LogP contribution < -0.4 is 11.1 Å². The molecule has 0 aliphatic rings. The van der Waals surface area contributed by atoms with Gasteiger partial charge in [0, 0.05) is 24.7 Å². The molecule has 4 N–H and O–H groups in total. The van der Waals surface area contributed by atoms with Gasteiger partial charge in [-0.3, -0.25) is 9.59 Å². The molecule has 0 spiro atoms. The summed E-state index contributed by atoms with van der Waals surface area (Å²) in [5, 5.41) is 11.2. The Balaban J connectivity index is 2.41. The Bertz CT molecular complexity index is 483. The first kappa shape index (κ1) is 14.8. The van der Waals surface area contributed by atoms with Crippen LogP contribution in [-0.2, 0) is 9.59 Å². The molecule has 0 aliphatic heterocycles. The Kier molecular flexibility index (Phi) is 5.60. The monoisotopic (exact) mass is 262 g/mol. The summed E-state index contributed by atoms with van der Waals surface area (Å²) in [5.74, 6) is -1.21. The SMILES string of the molecule is CC(CNC(=O)/C=C/c1cccc(N)c1)CC(=O)O. The summed E-state index contributed by atoms with van der Waals surface area (Å²) >= 11 is 0. The molecule has 1 aromatic carbocycles. The summed E-state index contributed by atoms with van der Waals surface area (Å²) < 4.78 is 0. The molecule has 5 nitrogen and oxygen atoms in total. The van der Waals surface area contributed by atoms with Crippen LogP contribution in [0.5, 0.6) is 0 Å². The molecule has 0 saturated heterocycles. The minimum absolute atomic E-state index is 0.0409. The van der Waals surface area contributed by atoms with Crippen LogP contribution in [0.4, 0.5) is 5.69 Å². The van der Waals surface area contributed by atoms with Crippen LogP contribution >= 0.6 is 0 Å². The molecule has 1 unspecified atom stereocenters. The fraction of sp³-hybridized carbons (Fsp3) is 0.286. The molecule has 102 valence electrons. The van der Waals surface area contributed by atoms with Gasteiger partial charge < -0.3 is 16.2 Å². The summed E-state index contributed by atoms with van der Waals surface area (Å²) in [4.78, 5) is 22.0. The van der Waals surface area contributed by atoms with E-state index >= 15 is 0 Å². The van der Waals surface area contributed by atoms with Crippen molar-refractivity contribution in [3.8, 4) is 0 Å². The zero-order valence-corrected chi connectivity index (χ0v) is 10.8. The number of nitrogens with two attached hydrogens (primary N) is 1. The number of carbonyl (C=O) groups is 2. The van der Waals surface area contributed by atoms with Crippen LogP contribution in [-0.4, -0.2) is 23.5 Å². The van der Waals surface area contributed by atoms with Crippen LogP contribution in [0.3, 0.4) is 0 Å². The summed E-state index contributed by atoms with van der Waals surface area (Å²) in [6.45, 7) is 2.11. The standard InChI is InChI=1S/C14H18N2O3/c1-10(7-14(18)19)9-16-13(17)6-5-11-3-2-4-12(15)8-11/h2-6,8,10H,7,9,15H2,1H3,(H,16,17)(H,18,19)/b6-5+. The first-order valence-corrected chi connectivity index (χ1v) is 6.00. The van der Waals surface area contributed by atoms with E-state index in [0.29, 0.717) is 12.2 Å². The van der Waals surface area contributed by atoms with Crippen LogP contribution in [0.1, 0.15) is 18.9 Å². The molecular weight excluding hydrogens is 244 g/mol. The van der Waals surface area contributed by atoms with Crippen LogP contribution in [0.25, 0.3) is 6.08 Å². The molecule has 0 radical (unpaired) electrons. The van der Waals surface area contributed by atoms with Crippen LogP contribution in [0.15, 0.2) is 30.3 Å². The topological polar surface area (TPSA) is 92.4 Å². The molecule has 1 amide bonds. The number of nitrogens with one attached hydrogen (secondary N) is 1. The third-order valence-corrected chi connectivity index (χ3v) is 2.49. The quantitative estimate of drug-likeness (QED) is 0.535. The number of amides is 1. The molecule has 0 heterocycles. The Labute approximate surface area is 112 Å². The number of nitrogen functional groups attached to an aromatic ring is 1. The van der Waals surface area contributed by atoms with Crippen molar-refractivity contribution in [1.82, 2.24) is 5.32 Å². The first-order chi connectivity index (χ1) is 8.97. The number of carboxylic acids is 1. The highest BCUT2D eigenvalue weighted by atomic mass is 16.4. The lowest BCUT2D eigenvalue weighted by Crippen LogP contribution is -2.27. The van der Waals surface area contributed by atoms with E-state index in [1.165, 1.54) is 6.08 Å². The predicted molar refractivity (Wildman–Crippen MR) is 74.3 cm³/mol. The van der Waals surface area contributed by atoms with Gasteiger partial charge in [0.05, 0.1) is 0 Å². The van der Waals surface area contributed by atoms with E-state index in [1.54, 1.807) is 25.1 Å². The number of aliphatic carboxylic acids is 1. The van der Waals surface area contributed by atoms with Gasteiger partial charge in [-0.25, -0.2) is 0 Å². The van der Waals surface area contributed by atoms with Gasteiger partial charge in [0.15, 0.2) is 0 Å². The summed E-state index contributed by atoms with van der Waals surface area (Å²) in [7, 11) is 0. The lowest BCUT2D eigenvalue weighted by atomic mass is 10.1. The van der Waals surface area contributed by atoms with Gasteiger partial charge in [-0.15, -0.1) is 0 Å². The van der Waals surface area contributed by atoms with Crippen LogP contribution in [0.2, 0.25) is 0 Å². The average molecular weight is 262 g/mol. The van der Waals surface area contributed by atoms with Gasteiger partial charge in [0.25, 0.3) is 0 Å². The van der Waals surface area contributed by atoms with Crippen molar-refractivity contribution < 1.29 is 14.7 Å². The zero-order valence-electron chi connectivity index (χ0n) is 10.8. The van der Waals surface area contributed by atoms with Crippen molar-refractivity contribution in [2.45, 2.75) is 13.3 Å². The smallest absolute Gasteiger partial charge is 0.303 e. The average Bonchev–Trinajstić information content (AvgIpc) is 2.33. The van der Waals surface area contributed by atoms with Gasteiger partial charge >= 0.3 is 5.97 Å². The minimum Gasteiger partial charge on any atom is -0.481 e. The Hall–Kier alpha value is -2.30. The molecule has 0 saturated carbocycles. The van der Waals surface area contributed by atoms with E-state index in [0.717, 1.165) is 5.56 Å². The molecule has 1 atom stereocenters. The molecule has 0 fully saturated rings. The van der Waals surface area contributed by atoms with Crippen LogP contribution in [0, 0.1) is 5.92 Å². The number of hydrogen-bond acceptors (Lipinski definition) is 3. The van der Waals surface area contributed by atoms with Crippen molar-refractivity contribution >= 4 is 23.6 Å². The first-order valence-electron chi connectivity index (χ1n) is 6.00. The Morgan fingerprint density at radius 3 is 2.84 bits per heavy atom. The third-order valence-electron chi connectivity index (χ3n) is 2.49. The van der Waals surface area contributed by atoms with E-state index in [2.05, 4.69) is 5.32 Å². The minimum atomic E-state index is -0.864. The maximum atomic E-state index is 11.5. The molecule has 19 heavy (non-hydrogen) atoms. The van der Waals surface area contributed by atoms with Crippen molar-refractivity contribution in [2.75, 3.05) is 12.3 Å². The Morgan fingerprint density at radius 2 is 2.21 bits per heavy atom. The number of carboxylic acid groups (broad SMARTS) is 1. The molecule has 1 rings (SSSR count). The zero-order chi connectivity index (χ0) is 14.3. The number of carbonyl (C=O) groups excluding carboxylic acids is 1. The van der Waals surface area contributed by atoms with Gasteiger partial charge in [-0.2, -0.15) is 0 Å². The number of rotatable bonds is 6.